The van der Waals surface area contributed by atoms with Crippen LogP contribution in [0.5, 0.6) is 0 Å². The Bertz CT molecular complexity index is 1300. The molecule has 0 saturated carbocycles. The second-order valence-electron chi connectivity index (χ2n) is 9.14. The molecule has 1 aliphatic heterocycles. The van der Waals surface area contributed by atoms with Crippen molar-refractivity contribution in [3.8, 4) is 11.3 Å². The van der Waals surface area contributed by atoms with Crippen molar-refractivity contribution in [2.24, 2.45) is 5.92 Å². The van der Waals surface area contributed by atoms with Gasteiger partial charge in [-0.25, -0.2) is 9.59 Å². The van der Waals surface area contributed by atoms with Crippen LogP contribution < -0.4 is 10.6 Å². The van der Waals surface area contributed by atoms with Crippen LogP contribution in [0.15, 0.2) is 54.7 Å². The number of aliphatic carboxylic acids is 1. The Kier molecular flexibility index (Phi) is 6.55. The van der Waals surface area contributed by atoms with Crippen LogP contribution in [-0.4, -0.2) is 38.9 Å². The van der Waals surface area contributed by atoms with Crippen molar-refractivity contribution in [3.05, 3.63) is 77.0 Å². The molecule has 4 rings (SSSR count). The van der Waals surface area contributed by atoms with Gasteiger partial charge in [0.1, 0.15) is 6.04 Å². The van der Waals surface area contributed by atoms with Crippen molar-refractivity contribution in [2.75, 3.05) is 10.6 Å². The molecule has 0 unspecified atom stereocenters. The van der Waals surface area contributed by atoms with Gasteiger partial charge in [0.25, 0.3) is 5.91 Å². The van der Waals surface area contributed by atoms with Gasteiger partial charge in [-0.05, 0) is 66.8 Å². The van der Waals surface area contributed by atoms with Crippen molar-refractivity contribution in [1.29, 1.82) is 0 Å². The standard InChI is InChI=1S/C27H28N4O4/c1-15(2)24(26(33)34)31-14-19-7-6-18(12-22(19)25(31)32)23-10-9-21(13-28-23)30-27(35)29-20-8-5-16(3)17(4)11-20/h5-13,15,24H,14H2,1-4H3,(H,33,34)(H2,29,30,35)/t24-/m0/s1. The first kappa shape index (κ1) is 23.9. The Morgan fingerprint density at radius 2 is 1.69 bits per heavy atom. The average Bonchev–Trinajstić information content (AvgIpc) is 3.11. The van der Waals surface area contributed by atoms with Gasteiger partial charge in [0.05, 0.1) is 17.6 Å². The third-order valence-corrected chi connectivity index (χ3v) is 6.24. The monoisotopic (exact) mass is 472 g/mol. The van der Waals surface area contributed by atoms with E-state index in [-0.39, 0.29) is 24.4 Å². The molecule has 1 aromatic heterocycles. The first-order chi connectivity index (χ1) is 16.6. The number of fused-ring (bicyclic) bond motifs is 1. The zero-order valence-corrected chi connectivity index (χ0v) is 20.1. The summed E-state index contributed by atoms with van der Waals surface area (Å²) in [6, 6.07) is 13.4. The van der Waals surface area contributed by atoms with Crippen molar-refractivity contribution in [3.63, 3.8) is 0 Å². The van der Waals surface area contributed by atoms with Crippen LogP contribution in [0.2, 0.25) is 0 Å². The number of anilines is 2. The quantitative estimate of drug-likeness (QED) is 0.464. The third kappa shape index (κ3) is 5.01. The summed E-state index contributed by atoms with van der Waals surface area (Å²) in [4.78, 5) is 42.9. The smallest absolute Gasteiger partial charge is 0.326 e. The number of amides is 3. The number of carboxylic acid groups (broad SMARTS) is 1. The predicted molar refractivity (Wildman–Crippen MR) is 134 cm³/mol. The predicted octanol–water partition coefficient (Wildman–Crippen LogP) is 5.07. The number of urea groups is 1. The molecule has 0 saturated heterocycles. The Hall–Kier alpha value is -4.20. The van der Waals surface area contributed by atoms with Crippen molar-refractivity contribution in [2.45, 2.75) is 40.3 Å². The van der Waals surface area contributed by atoms with Gasteiger partial charge in [-0.1, -0.05) is 32.0 Å². The van der Waals surface area contributed by atoms with E-state index in [4.69, 9.17) is 0 Å². The maximum absolute atomic E-state index is 13.0. The normalized spacial score (nSPS) is 13.5. The van der Waals surface area contributed by atoms with E-state index in [9.17, 15) is 19.5 Å². The summed E-state index contributed by atoms with van der Waals surface area (Å²) in [5.41, 5.74) is 6.14. The number of nitrogens with one attached hydrogen (secondary N) is 2. The van der Waals surface area contributed by atoms with Crippen molar-refractivity contribution < 1.29 is 19.5 Å². The Morgan fingerprint density at radius 3 is 2.31 bits per heavy atom. The summed E-state index contributed by atoms with van der Waals surface area (Å²) in [6.07, 6.45) is 1.55. The average molecular weight is 473 g/mol. The highest BCUT2D eigenvalue weighted by Gasteiger charge is 2.38. The number of aryl methyl sites for hydroxylation is 2. The lowest BCUT2D eigenvalue weighted by atomic mass is 10.0. The van der Waals surface area contributed by atoms with E-state index in [0.717, 1.165) is 22.3 Å². The number of hydrogen-bond acceptors (Lipinski definition) is 4. The molecule has 1 atom stereocenters. The third-order valence-electron chi connectivity index (χ3n) is 6.24. The zero-order valence-electron chi connectivity index (χ0n) is 20.1. The number of pyridine rings is 1. The minimum atomic E-state index is -1.01. The summed E-state index contributed by atoms with van der Waals surface area (Å²) in [7, 11) is 0. The first-order valence-corrected chi connectivity index (χ1v) is 11.4. The van der Waals surface area contributed by atoms with Crippen LogP contribution in [-0.2, 0) is 11.3 Å². The fraction of sp³-hybridized carbons (Fsp3) is 0.259. The second kappa shape index (κ2) is 9.58. The van der Waals surface area contributed by atoms with Gasteiger partial charge in [-0.3, -0.25) is 9.78 Å². The van der Waals surface area contributed by atoms with Gasteiger partial charge in [0.15, 0.2) is 0 Å². The van der Waals surface area contributed by atoms with Crippen LogP contribution >= 0.6 is 0 Å². The van der Waals surface area contributed by atoms with E-state index in [1.165, 1.54) is 4.90 Å². The highest BCUT2D eigenvalue weighted by molar-refractivity contribution is 6.02. The molecule has 2 aromatic carbocycles. The molecule has 8 heteroatoms. The highest BCUT2D eigenvalue weighted by Crippen LogP contribution is 2.31. The molecule has 0 aliphatic carbocycles. The lowest BCUT2D eigenvalue weighted by molar-refractivity contribution is -0.144. The number of aromatic nitrogens is 1. The molecule has 8 nitrogen and oxygen atoms in total. The zero-order chi connectivity index (χ0) is 25.3. The Balaban J connectivity index is 1.46. The number of hydrogen-bond donors (Lipinski definition) is 3. The van der Waals surface area contributed by atoms with Gasteiger partial charge in [-0.2, -0.15) is 0 Å². The van der Waals surface area contributed by atoms with E-state index >= 15 is 0 Å². The fourth-order valence-electron chi connectivity index (χ4n) is 4.24. The Labute approximate surface area is 204 Å². The summed E-state index contributed by atoms with van der Waals surface area (Å²) >= 11 is 0. The maximum Gasteiger partial charge on any atom is 0.326 e. The lowest BCUT2D eigenvalue weighted by Gasteiger charge is -2.27. The second-order valence-corrected chi connectivity index (χ2v) is 9.14. The summed E-state index contributed by atoms with van der Waals surface area (Å²) in [5, 5.41) is 15.2. The number of carboxylic acids is 1. The van der Waals surface area contributed by atoms with Crippen LogP contribution in [0.25, 0.3) is 11.3 Å². The summed E-state index contributed by atoms with van der Waals surface area (Å²) in [6.45, 7) is 7.86. The number of carbonyl (C=O) groups is 3. The maximum atomic E-state index is 13.0. The van der Waals surface area contributed by atoms with E-state index in [1.54, 1.807) is 38.2 Å². The van der Waals surface area contributed by atoms with Gasteiger partial charge < -0.3 is 20.6 Å². The number of nitrogens with zero attached hydrogens (tertiary/aromatic N) is 2. The van der Waals surface area contributed by atoms with Crippen LogP contribution in [0, 0.1) is 19.8 Å². The van der Waals surface area contributed by atoms with E-state index < -0.39 is 12.0 Å². The molecule has 2 heterocycles. The van der Waals surface area contributed by atoms with E-state index in [1.807, 2.05) is 44.2 Å². The largest absolute Gasteiger partial charge is 0.480 e. The highest BCUT2D eigenvalue weighted by atomic mass is 16.4. The molecular weight excluding hydrogens is 444 g/mol. The molecule has 3 N–H and O–H groups in total. The Morgan fingerprint density at radius 1 is 0.971 bits per heavy atom. The summed E-state index contributed by atoms with van der Waals surface area (Å²) in [5.74, 6) is -1.50. The molecule has 35 heavy (non-hydrogen) atoms. The number of benzene rings is 2. The van der Waals surface area contributed by atoms with E-state index in [0.29, 0.717) is 22.6 Å². The van der Waals surface area contributed by atoms with E-state index in [2.05, 4.69) is 15.6 Å². The molecule has 0 fully saturated rings. The van der Waals surface area contributed by atoms with Crippen molar-refractivity contribution in [1.82, 2.24) is 9.88 Å². The molecule has 0 bridgehead atoms. The minimum absolute atomic E-state index is 0.209. The van der Waals surface area contributed by atoms with Crippen molar-refractivity contribution >= 4 is 29.3 Å². The molecule has 180 valence electrons. The van der Waals surface area contributed by atoms with Gasteiger partial charge in [0, 0.05) is 23.4 Å². The van der Waals surface area contributed by atoms with Crippen LogP contribution in [0.1, 0.15) is 40.9 Å². The molecule has 0 spiro atoms. The molecule has 3 amide bonds. The molecular formula is C27H28N4O4. The van der Waals surface area contributed by atoms with Gasteiger partial charge >= 0.3 is 12.0 Å². The van der Waals surface area contributed by atoms with Gasteiger partial charge in [-0.15, -0.1) is 0 Å². The van der Waals surface area contributed by atoms with Crippen LogP contribution in [0.4, 0.5) is 16.2 Å². The molecule has 1 aliphatic rings. The van der Waals surface area contributed by atoms with Crippen LogP contribution in [0.3, 0.4) is 0 Å². The molecule has 3 aromatic rings. The lowest BCUT2D eigenvalue weighted by Crippen LogP contribution is -2.44. The first-order valence-electron chi connectivity index (χ1n) is 11.4. The molecule has 0 radical (unpaired) electrons. The minimum Gasteiger partial charge on any atom is -0.480 e. The van der Waals surface area contributed by atoms with Gasteiger partial charge in [0.2, 0.25) is 0 Å². The fourth-order valence-corrected chi connectivity index (χ4v) is 4.24. The number of rotatable bonds is 6. The SMILES string of the molecule is Cc1ccc(NC(=O)Nc2ccc(-c3ccc4c(c3)C(=O)N([C@H](C(=O)O)C(C)C)C4)nc2)cc1C. The number of carbonyl (C=O) groups excluding carboxylic acids is 2. The summed E-state index contributed by atoms with van der Waals surface area (Å²) < 4.78 is 0. The topological polar surface area (TPSA) is 112 Å².